The van der Waals surface area contributed by atoms with E-state index in [0.29, 0.717) is 17.2 Å². The number of aryl methyl sites for hydroxylation is 1. The quantitative estimate of drug-likeness (QED) is 0.458. The zero-order valence-electron chi connectivity index (χ0n) is 16.4. The summed E-state index contributed by atoms with van der Waals surface area (Å²) in [6.07, 6.45) is 0. The van der Waals surface area contributed by atoms with Gasteiger partial charge >= 0.3 is 0 Å². The molecule has 1 heterocycles. The number of hydrogen-bond acceptors (Lipinski definition) is 5. The molecular weight excluding hydrogens is 398 g/mol. The topological polar surface area (TPSA) is 76.4 Å². The predicted molar refractivity (Wildman–Crippen MR) is 121 cm³/mol. The molecule has 0 atom stereocenters. The van der Waals surface area contributed by atoms with Crippen molar-refractivity contribution in [2.45, 2.75) is 6.92 Å². The Bertz CT molecular complexity index is 1230. The van der Waals surface area contributed by atoms with Gasteiger partial charge in [-0.3, -0.25) is 10.1 Å². The Hall–Kier alpha value is -3.71. The van der Waals surface area contributed by atoms with Crippen molar-refractivity contribution in [3.05, 3.63) is 77.9 Å². The van der Waals surface area contributed by atoms with Crippen molar-refractivity contribution >= 4 is 40.0 Å². The lowest BCUT2D eigenvalue weighted by atomic mass is 10.2. The van der Waals surface area contributed by atoms with Crippen LogP contribution in [0.1, 0.15) is 15.9 Å². The summed E-state index contributed by atoms with van der Waals surface area (Å²) >= 11 is 5.25. The monoisotopic (exact) mass is 417 g/mol. The van der Waals surface area contributed by atoms with Crippen LogP contribution in [0.15, 0.2) is 71.1 Å². The zero-order valence-corrected chi connectivity index (χ0v) is 17.2. The summed E-state index contributed by atoms with van der Waals surface area (Å²) in [7, 11) is 1.55. The molecular formula is C23H19N3O3S. The summed E-state index contributed by atoms with van der Waals surface area (Å²) in [5.41, 5.74) is 4.75. The van der Waals surface area contributed by atoms with Crippen LogP contribution < -0.4 is 15.4 Å². The first-order valence-electron chi connectivity index (χ1n) is 9.26. The number of methoxy groups -OCH3 is 1. The van der Waals surface area contributed by atoms with Gasteiger partial charge < -0.3 is 14.5 Å². The van der Waals surface area contributed by atoms with Gasteiger partial charge in [-0.1, -0.05) is 12.1 Å². The van der Waals surface area contributed by atoms with Gasteiger partial charge in [0.2, 0.25) is 5.89 Å². The summed E-state index contributed by atoms with van der Waals surface area (Å²) in [4.78, 5) is 16.9. The van der Waals surface area contributed by atoms with E-state index in [-0.39, 0.29) is 11.0 Å². The molecule has 0 saturated carbocycles. The highest BCUT2D eigenvalue weighted by molar-refractivity contribution is 7.80. The number of fused-ring (bicyclic) bond motifs is 1. The maximum atomic E-state index is 12.3. The Labute approximate surface area is 178 Å². The predicted octanol–water partition coefficient (Wildman–Crippen LogP) is 4.94. The molecule has 4 rings (SSSR count). The van der Waals surface area contributed by atoms with Crippen LogP contribution in [0.4, 0.5) is 5.69 Å². The number of nitrogens with one attached hydrogen (secondary N) is 2. The van der Waals surface area contributed by atoms with Gasteiger partial charge in [0, 0.05) is 16.8 Å². The molecule has 0 saturated heterocycles. The highest BCUT2D eigenvalue weighted by atomic mass is 32.1. The van der Waals surface area contributed by atoms with Gasteiger partial charge in [0.15, 0.2) is 10.7 Å². The van der Waals surface area contributed by atoms with Gasteiger partial charge in [0.05, 0.1) is 7.11 Å². The van der Waals surface area contributed by atoms with Crippen molar-refractivity contribution in [3.8, 4) is 17.2 Å². The van der Waals surface area contributed by atoms with Crippen LogP contribution in [0, 0.1) is 6.92 Å². The molecule has 1 aromatic heterocycles. The van der Waals surface area contributed by atoms with E-state index in [1.807, 2.05) is 49.4 Å². The second-order valence-corrected chi connectivity index (χ2v) is 7.12. The zero-order chi connectivity index (χ0) is 21.1. The lowest BCUT2D eigenvalue weighted by molar-refractivity contribution is 0.0977. The lowest BCUT2D eigenvalue weighted by Crippen LogP contribution is -2.34. The van der Waals surface area contributed by atoms with E-state index < -0.39 is 0 Å². The maximum absolute atomic E-state index is 12.3. The molecule has 0 aliphatic heterocycles. The number of oxazole rings is 1. The molecule has 7 heteroatoms. The van der Waals surface area contributed by atoms with Crippen molar-refractivity contribution < 1.29 is 13.9 Å². The minimum absolute atomic E-state index is 0.202. The largest absolute Gasteiger partial charge is 0.497 e. The molecule has 0 spiro atoms. The van der Waals surface area contributed by atoms with Crippen molar-refractivity contribution in [2.75, 3.05) is 12.4 Å². The molecule has 0 fully saturated rings. The fourth-order valence-corrected chi connectivity index (χ4v) is 3.17. The normalized spacial score (nSPS) is 10.6. The molecule has 0 unspecified atom stereocenters. The highest BCUT2D eigenvalue weighted by Crippen LogP contribution is 2.26. The van der Waals surface area contributed by atoms with E-state index in [1.165, 1.54) is 0 Å². The Balaban J connectivity index is 1.42. The molecule has 0 bridgehead atoms. The number of ether oxygens (including phenoxy) is 1. The molecule has 1 amide bonds. The number of amides is 1. The second kappa shape index (κ2) is 8.34. The number of anilines is 1. The van der Waals surface area contributed by atoms with Crippen molar-refractivity contribution in [2.24, 2.45) is 0 Å². The van der Waals surface area contributed by atoms with Crippen LogP contribution in [0.25, 0.3) is 22.6 Å². The number of thiocarbonyl (C=S) groups is 1. The number of carbonyl (C=O) groups excluding carboxylic acids is 1. The summed E-state index contributed by atoms with van der Waals surface area (Å²) in [6, 6.07) is 20.2. The molecule has 0 aliphatic rings. The van der Waals surface area contributed by atoms with Crippen molar-refractivity contribution in [1.29, 1.82) is 0 Å². The summed E-state index contributed by atoms with van der Waals surface area (Å²) in [5.74, 6) is 0.840. The first-order chi connectivity index (χ1) is 14.5. The van der Waals surface area contributed by atoms with Gasteiger partial charge in [-0.2, -0.15) is 0 Å². The Morgan fingerprint density at radius 2 is 1.87 bits per heavy atom. The van der Waals surface area contributed by atoms with Crippen molar-refractivity contribution in [1.82, 2.24) is 10.3 Å². The minimum atomic E-state index is -0.315. The molecule has 150 valence electrons. The van der Waals surface area contributed by atoms with Gasteiger partial charge in [-0.05, 0) is 79.3 Å². The van der Waals surface area contributed by atoms with Gasteiger partial charge in [-0.15, -0.1) is 0 Å². The summed E-state index contributed by atoms with van der Waals surface area (Å²) < 4.78 is 11.0. The second-order valence-electron chi connectivity index (χ2n) is 6.71. The first kappa shape index (κ1) is 19.6. The van der Waals surface area contributed by atoms with E-state index in [9.17, 15) is 4.79 Å². The number of carbonyl (C=O) groups is 1. The third-order valence-electron chi connectivity index (χ3n) is 4.49. The van der Waals surface area contributed by atoms with Gasteiger partial charge in [0.25, 0.3) is 5.91 Å². The molecule has 6 nitrogen and oxygen atoms in total. The number of aromatic nitrogens is 1. The fourth-order valence-electron chi connectivity index (χ4n) is 2.96. The maximum Gasteiger partial charge on any atom is 0.257 e. The molecule has 2 N–H and O–H groups in total. The van der Waals surface area contributed by atoms with Crippen LogP contribution in [0.5, 0.6) is 5.75 Å². The van der Waals surface area contributed by atoms with Gasteiger partial charge in [-0.25, -0.2) is 4.98 Å². The van der Waals surface area contributed by atoms with Crippen LogP contribution in [-0.2, 0) is 0 Å². The van der Waals surface area contributed by atoms with Crippen LogP contribution in [-0.4, -0.2) is 23.1 Å². The van der Waals surface area contributed by atoms with Crippen LogP contribution in [0.3, 0.4) is 0 Å². The van der Waals surface area contributed by atoms with E-state index in [0.717, 1.165) is 27.9 Å². The van der Waals surface area contributed by atoms with E-state index in [4.69, 9.17) is 21.4 Å². The standard InChI is InChI=1S/C23H19N3O3S/c1-14-6-11-20-19(12-14)25-22(29-20)15-7-9-17(10-8-15)24-23(30)26-21(27)16-4-3-5-18(13-16)28-2/h3-13H,1-2H3,(H2,24,26,27,30). The Morgan fingerprint density at radius 3 is 2.63 bits per heavy atom. The number of nitrogens with zero attached hydrogens (tertiary/aromatic N) is 1. The molecule has 3 aromatic carbocycles. The highest BCUT2D eigenvalue weighted by Gasteiger charge is 2.11. The Kier molecular flexibility index (Phi) is 5.45. The van der Waals surface area contributed by atoms with Crippen LogP contribution >= 0.6 is 12.2 Å². The minimum Gasteiger partial charge on any atom is -0.497 e. The average molecular weight is 417 g/mol. The van der Waals surface area contributed by atoms with Crippen LogP contribution in [0.2, 0.25) is 0 Å². The van der Waals surface area contributed by atoms with Crippen molar-refractivity contribution in [3.63, 3.8) is 0 Å². The van der Waals surface area contributed by atoms with E-state index in [2.05, 4.69) is 15.6 Å². The van der Waals surface area contributed by atoms with E-state index in [1.54, 1.807) is 31.4 Å². The third kappa shape index (κ3) is 4.31. The summed E-state index contributed by atoms with van der Waals surface area (Å²) in [6.45, 7) is 2.02. The molecule has 30 heavy (non-hydrogen) atoms. The fraction of sp³-hybridized carbons (Fsp3) is 0.0870. The SMILES string of the molecule is COc1cccc(C(=O)NC(=S)Nc2ccc(-c3nc4cc(C)ccc4o3)cc2)c1. The number of hydrogen-bond donors (Lipinski definition) is 2. The average Bonchev–Trinajstić information content (AvgIpc) is 3.17. The molecule has 0 aliphatic carbocycles. The first-order valence-corrected chi connectivity index (χ1v) is 9.67. The molecule has 4 aromatic rings. The molecule has 0 radical (unpaired) electrons. The lowest BCUT2D eigenvalue weighted by Gasteiger charge is -2.10. The smallest absolute Gasteiger partial charge is 0.257 e. The number of rotatable bonds is 4. The third-order valence-corrected chi connectivity index (χ3v) is 4.70. The number of benzene rings is 3. The summed E-state index contributed by atoms with van der Waals surface area (Å²) in [5, 5.41) is 5.86. The van der Waals surface area contributed by atoms with Gasteiger partial charge in [0.1, 0.15) is 11.3 Å². The van der Waals surface area contributed by atoms with E-state index >= 15 is 0 Å². The Morgan fingerprint density at radius 1 is 1.07 bits per heavy atom.